The number of piperidine rings is 1. The first-order valence-electron chi connectivity index (χ1n) is 7.80. The first-order valence-corrected chi connectivity index (χ1v) is 8.57. The molecule has 3 nitrogen and oxygen atoms in total. The summed E-state index contributed by atoms with van der Waals surface area (Å²) in [7, 11) is 0. The predicted octanol–water partition coefficient (Wildman–Crippen LogP) is 4.45. The highest BCUT2D eigenvalue weighted by Crippen LogP contribution is 2.35. The Kier molecular flexibility index (Phi) is 3.87. The van der Waals surface area contributed by atoms with Crippen molar-refractivity contribution in [3.8, 4) is 0 Å². The van der Waals surface area contributed by atoms with E-state index in [1.54, 1.807) is 0 Å². The molecule has 3 aromatic rings. The largest absolute Gasteiger partial charge is 0.346 e. The maximum Gasteiger partial charge on any atom is 0.137 e. The van der Waals surface area contributed by atoms with E-state index in [1.807, 2.05) is 24.3 Å². The van der Waals surface area contributed by atoms with Crippen molar-refractivity contribution in [2.75, 3.05) is 13.1 Å². The highest BCUT2D eigenvalue weighted by molar-refractivity contribution is 7.97. The quantitative estimate of drug-likeness (QED) is 0.725. The van der Waals surface area contributed by atoms with Crippen LogP contribution in [0.5, 0.6) is 0 Å². The molecule has 0 saturated carbocycles. The predicted molar refractivity (Wildman–Crippen MR) is 91.9 cm³/mol. The van der Waals surface area contributed by atoms with Gasteiger partial charge in [0.15, 0.2) is 0 Å². The average Bonchev–Trinajstić information content (AvgIpc) is 3.05. The average molecular weight is 309 g/mol. The Labute approximate surface area is 134 Å². The Morgan fingerprint density at radius 2 is 1.86 bits per heavy atom. The summed E-state index contributed by atoms with van der Waals surface area (Å²) in [5, 5.41) is 1.29. The zero-order valence-electron chi connectivity index (χ0n) is 12.4. The molecule has 1 aliphatic heterocycles. The second-order valence-corrected chi connectivity index (χ2v) is 6.92. The molecule has 1 aromatic carbocycles. The van der Waals surface area contributed by atoms with Crippen LogP contribution in [0.2, 0.25) is 0 Å². The van der Waals surface area contributed by atoms with Crippen molar-refractivity contribution in [1.29, 1.82) is 0 Å². The van der Waals surface area contributed by atoms with Crippen molar-refractivity contribution in [2.45, 2.75) is 23.7 Å². The molecule has 1 fully saturated rings. The monoisotopic (exact) mass is 309 g/mol. The summed E-state index contributed by atoms with van der Waals surface area (Å²) in [5.41, 5.74) is 2.47. The Hall–Kier alpha value is -1.78. The summed E-state index contributed by atoms with van der Waals surface area (Å²) >= 11 is 1.88. The molecular weight excluding hydrogens is 290 g/mol. The highest BCUT2D eigenvalue weighted by atomic mass is 32.2. The van der Waals surface area contributed by atoms with Crippen LogP contribution in [0, 0.1) is 0 Å². The minimum Gasteiger partial charge on any atom is -0.346 e. The Morgan fingerprint density at radius 1 is 1.05 bits per heavy atom. The third-order valence-corrected chi connectivity index (χ3v) is 5.47. The van der Waals surface area contributed by atoms with E-state index >= 15 is 0 Å². The molecule has 0 unspecified atom stereocenters. The lowest BCUT2D eigenvalue weighted by Gasteiger charge is -2.31. The molecule has 3 heterocycles. The number of pyridine rings is 1. The minimum atomic E-state index is 0.647. The van der Waals surface area contributed by atoms with E-state index in [-0.39, 0.29) is 0 Å². The van der Waals surface area contributed by atoms with Gasteiger partial charge in [-0.3, -0.25) is 0 Å². The molecule has 1 aliphatic rings. The van der Waals surface area contributed by atoms with E-state index in [0.717, 1.165) is 18.7 Å². The number of benzene rings is 1. The molecule has 0 spiro atoms. The number of H-pyrrole nitrogens is 1. The summed E-state index contributed by atoms with van der Waals surface area (Å²) in [6.07, 6.45) is 6.34. The van der Waals surface area contributed by atoms with E-state index < -0.39 is 0 Å². The number of aromatic amines is 1. The second kappa shape index (κ2) is 6.15. The Morgan fingerprint density at radius 3 is 2.68 bits per heavy atom. The zero-order valence-corrected chi connectivity index (χ0v) is 13.2. The zero-order chi connectivity index (χ0) is 14.8. The molecule has 0 radical (unpaired) electrons. The first-order chi connectivity index (χ1) is 10.9. The van der Waals surface area contributed by atoms with Crippen LogP contribution in [-0.4, -0.2) is 27.4 Å². The number of hydrogen-bond donors (Lipinski definition) is 1. The molecule has 4 heteroatoms. The van der Waals surface area contributed by atoms with Crippen LogP contribution in [0.1, 0.15) is 24.3 Å². The van der Waals surface area contributed by atoms with Crippen LogP contribution < -0.4 is 0 Å². The van der Waals surface area contributed by atoms with E-state index in [2.05, 4.69) is 56.7 Å². The summed E-state index contributed by atoms with van der Waals surface area (Å²) in [5.74, 6) is 0.647. The fraction of sp³-hybridized carbons (Fsp3) is 0.278. The first kappa shape index (κ1) is 13.9. The van der Waals surface area contributed by atoms with Crippen molar-refractivity contribution >= 4 is 23.0 Å². The Bertz CT molecular complexity index is 745. The molecule has 112 valence electrons. The number of rotatable bonds is 3. The summed E-state index contributed by atoms with van der Waals surface area (Å²) in [4.78, 5) is 8.94. The third kappa shape index (κ3) is 2.76. The van der Waals surface area contributed by atoms with E-state index in [4.69, 9.17) is 0 Å². The number of nitrogens with zero attached hydrogens (tertiary/aromatic N) is 2. The molecule has 0 atom stereocenters. The van der Waals surface area contributed by atoms with Gasteiger partial charge in [-0.25, -0.2) is 9.29 Å². The van der Waals surface area contributed by atoms with Gasteiger partial charge in [0, 0.05) is 35.8 Å². The van der Waals surface area contributed by atoms with E-state index in [0.29, 0.717) is 5.92 Å². The van der Waals surface area contributed by atoms with Gasteiger partial charge in [-0.1, -0.05) is 18.2 Å². The molecule has 1 N–H and O–H groups in total. The lowest BCUT2D eigenvalue weighted by Crippen LogP contribution is -2.27. The van der Waals surface area contributed by atoms with Gasteiger partial charge in [0.25, 0.3) is 0 Å². The van der Waals surface area contributed by atoms with Crippen LogP contribution in [-0.2, 0) is 0 Å². The Balaban J connectivity index is 1.45. The molecule has 0 amide bonds. The van der Waals surface area contributed by atoms with Crippen LogP contribution in [0.3, 0.4) is 0 Å². The molecule has 1 saturated heterocycles. The van der Waals surface area contributed by atoms with Crippen molar-refractivity contribution in [3.63, 3.8) is 0 Å². The summed E-state index contributed by atoms with van der Waals surface area (Å²) in [6.45, 7) is 2.27. The number of aromatic nitrogens is 2. The summed E-state index contributed by atoms with van der Waals surface area (Å²) < 4.78 is 2.49. The van der Waals surface area contributed by atoms with Crippen molar-refractivity contribution in [2.24, 2.45) is 0 Å². The molecule has 22 heavy (non-hydrogen) atoms. The van der Waals surface area contributed by atoms with Gasteiger partial charge in [0.2, 0.25) is 0 Å². The van der Waals surface area contributed by atoms with Gasteiger partial charge in [-0.2, -0.15) is 0 Å². The molecule has 0 bridgehead atoms. The van der Waals surface area contributed by atoms with E-state index in [9.17, 15) is 0 Å². The molecule has 4 rings (SSSR count). The number of fused-ring (bicyclic) bond motifs is 1. The molecule has 0 aliphatic carbocycles. The van der Waals surface area contributed by atoms with Gasteiger partial charge in [0.1, 0.15) is 5.65 Å². The van der Waals surface area contributed by atoms with Gasteiger partial charge in [-0.15, -0.1) is 0 Å². The lowest BCUT2D eigenvalue weighted by molar-refractivity contribution is 0.347. The summed E-state index contributed by atoms with van der Waals surface area (Å²) in [6, 6.07) is 15.0. The molecule has 2 aromatic heterocycles. The highest BCUT2D eigenvalue weighted by Gasteiger charge is 2.22. The maximum absolute atomic E-state index is 4.40. The lowest BCUT2D eigenvalue weighted by atomic mass is 9.89. The van der Waals surface area contributed by atoms with Gasteiger partial charge >= 0.3 is 0 Å². The fourth-order valence-electron chi connectivity index (χ4n) is 3.23. The van der Waals surface area contributed by atoms with Crippen molar-refractivity contribution in [3.05, 3.63) is 60.4 Å². The van der Waals surface area contributed by atoms with Crippen LogP contribution in [0.15, 0.2) is 59.8 Å². The van der Waals surface area contributed by atoms with Crippen molar-refractivity contribution in [1.82, 2.24) is 14.3 Å². The molecular formula is C18H19N3S. The maximum atomic E-state index is 4.40. The fourth-order valence-corrected chi connectivity index (χ4v) is 4.20. The van der Waals surface area contributed by atoms with Gasteiger partial charge in [0.05, 0.1) is 0 Å². The minimum absolute atomic E-state index is 0.647. The van der Waals surface area contributed by atoms with Crippen LogP contribution in [0.4, 0.5) is 0 Å². The number of hydrogen-bond acceptors (Lipinski definition) is 3. The van der Waals surface area contributed by atoms with Gasteiger partial charge < -0.3 is 4.98 Å². The third-order valence-electron chi connectivity index (χ3n) is 4.37. The second-order valence-electron chi connectivity index (χ2n) is 5.75. The van der Waals surface area contributed by atoms with E-state index in [1.165, 1.54) is 28.7 Å². The standard InChI is InChI=1S/C18H19N3S/c1-2-4-15(5-3-1)22-21-12-8-14(9-13-21)16-6-10-19-18-17(16)7-11-20-18/h1-7,10-11,14H,8-9,12-13H2,(H,19,20). The van der Waals surface area contributed by atoms with Gasteiger partial charge in [-0.05, 0) is 60.5 Å². The number of nitrogens with one attached hydrogen (secondary N) is 1. The van der Waals surface area contributed by atoms with Crippen molar-refractivity contribution < 1.29 is 0 Å². The topological polar surface area (TPSA) is 31.9 Å². The normalized spacial score (nSPS) is 17.1. The van der Waals surface area contributed by atoms with Crippen LogP contribution >= 0.6 is 11.9 Å². The smallest absolute Gasteiger partial charge is 0.137 e. The SMILES string of the molecule is c1ccc(SN2CCC(c3ccnc4[nH]ccc34)CC2)cc1. The van der Waals surface area contributed by atoms with Crippen LogP contribution in [0.25, 0.3) is 11.0 Å².